The van der Waals surface area contributed by atoms with Gasteiger partial charge in [-0.05, 0) is 0 Å². The summed E-state index contributed by atoms with van der Waals surface area (Å²) in [6.07, 6.45) is -1.22. The van der Waals surface area contributed by atoms with Gasteiger partial charge in [0.25, 0.3) is 0 Å². The maximum atomic E-state index is 10.00. The molecule has 0 aliphatic carbocycles. The third kappa shape index (κ3) is 2.45. The van der Waals surface area contributed by atoms with E-state index in [4.69, 9.17) is 5.11 Å². The fraction of sp³-hybridized carbons (Fsp3) is 0.800. The molecule has 0 spiro atoms. The molecule has 1 saturated heterocycles. The van der Waals surface area contributed by atoms with Gasteiger partial charge in [-0.25, -0.2) is 4.79 Å². The van der Waals surface area contributed by atoms with Gasteiger partial charge in [-0.3, -0.25) is 0 Å². The molecule has 5 heteroatoms. The summed E-state index contributed by atoms with van der Waals surface area (Å²) >= 11 is 1.81. The maximum Gasteiger partial charge on any atom is 0.525 e. The van der Waals surface area contributed by atoms with Gasteiger partial charge in [0.2, 0.25) is 0 Å². The molecule has 1 aliphatic heterocycles. The highest BCUT2D eigenvalue weighted by molar-refractivity contribution is 7.99. The Morgan fingerprint density at radius 2 is 2.10 bits per heavy atom. The molecule has 1 heterocycles. The average Bonchev–Trinajstić information content (AvgIpc) is 1.88. The molecule has 1 fully saturated rings. The van der Waals surface area contributed by atoms with Gasteiger partial charge >= 0.3 is 6.16 Å². The first-order valence-corrected chi connectivity index (χ1v) is 4.18. The molecule has 4 nitrogen and oxygen atoms in total. The first-order chi connectivity index (χ1) is 4.79. The Hall–Kier alpha value is -0.420. The summed E-state index contributed by atoms with van der Waals surface area (Å²) in [6, 6.07) is 0. The lowest BCUT2D eigenvalue weighted by molar-refractivity contribution is -0.112. The van der Waals surface area contributed by atoms with Crippen molar-refractivity contribution in [3.05, 3.63) is 0 Å². The molecule has 0 aromatic heterocycles. The zero-order valence-electron chi connectivity index (χ0n) is 5.45. The Kier molecular flexibility index (Phi) is 2.82. The van der Waals surface area contributed by atoms with Gasteiger partial charge in [-0.1, -0.05) is 0 Å². The van der Waals surface area contributed by atoms with Crippen molar-refractivity contribution in [2.75, 3.05) is 24.6 Å². The molecule has 0 aromatic carbocycles. The zero-order chi connectivity index (χ0) is 7.40. The number of hydrogen-bond donors (Lipinski definition) is 1. The van der Waals surface area contributed by atoms with Gasteiger partial charge in [0, 0.05) is 24.6 Å². The summed E-state index contributed by atoms with van der Waals surface area (Å²) in [4.78, 5) is 14.4. The van der Waals surface area contributed by atoms with Crippen LogP contribution < -0.4 is 0 Å². The van der Waals surface area contributed by atoms with E-state index >= 15 is 0 Å². The second-order valence-electron chi connectivity index (χ2n) is 1.90. The fourth-order valence-electron chi connectivity index (χ4n) is 0.748. The summed E-state index contributed by atoms with van der Waals surface area (Å²) in [5.74, 6) is 1.90. The highest BCUT2D eigenvalue weighted by Crippen LogP contribution is 2.08. The Morgan fingerprint density at radius 3 is 2.60 bits per heavy atom. The zero-order valence-corrected chi connectivity index (χ0v) is 6.26. The smallest absolute Gasteiger partial charge is 0.448 e. The lowest BCUT2D eigenvalue weighted by atomic mass is 10.6. The minimum atomic E-state index is -1.22. The van der Waals surface area contributed by atoms with Crippen LogP contribution >= 0.6 is 11.8 Å². The Labute approximate surface area is 63.1 Å². The number of thioether (sulfide) groups is 1. The Morgan fingerprint density at radius 1 is 1.50 bits per heavy atom. The normalized spacial score (nSPS) is 20.4. The second kappa shape index (κ2) is 3.68. The van der Waals surface area contributed by atoms with Crippen molar-refractivity contribution in [1.82, 2.24) is 5.06 Å². The molecule has 1 aliphatic rings. The standard InChI is InChI=1S/C5H9NO3S/c7-5(8)9-6-1-3-10-4-2-6/h1-4H2,(H,7,8). The van der Waals surface area contributed by atoms with Crippen LogP contribution in [0.1, 0.15) is 0 Å². The third-order valence-corrected chi connectivity index (χ3v) is 2.12. The van der Waals surface area contributed by atoms with Gasteiger partial charge in [0.1, 0.15) is 0 Å². The van der Waals surface area contributed by atoms with Gasteiger partial charge in [0.05, 0.1) is 0 Å². The molecule has 0 unspecified atom stereocenters. The Balaban J connectivity index is 2.19. The van der Waals surface area contributed by atoms with Crippen molar-refractivity contribution in [1.29, 1.82) is 0 Å². The summed E-state index contributed by atoms with van der Waals surface area (Å²) in [5.41, 5.74) is 0. The van der Waals surface area contributed by atoms with Crippen molar-refractivity contribution < 1.29 is 14.7 Å². The quantitative estimate of drug-likeness (QED) is 0.615. The lowest BCUT2D eigenvalue weighted by Gasteiger charge is -2.22. The summed E-state index contributed by atoms with van der Waals surface area (Å²) in [6.45, 7) is 1.41. The van der Waals surface area contributed by atoms with Crippen LogP contribution in [0.5, 0.6) is 0 Å². The fourth-order valence-corrected chi connectivity index (χ4v) is 1.62. The van der Waals surface area contributed by atoms with E-state index in [1.165, 1.54) is 5.06 Å². The minimum Gasteiger partial charge on any atom is -0.448 e. The molecule has 0 radical (unpaired) electrons. The number of nitrogens with zero attached hydrogens (tertiary/aromatic N) is 1. The number of hydroxylamine groups is 2. The number of rotatable bonds is 1. The van der Waals surface area contributed by atoms with Crippen LogP contribution in [0, 0.1) is 0 Å². The first-order valence-electron chi connectivity index (χ1n) is 3.02. The average molecular weight is 163 g/mol. The third-order valence-electron chi connectivity index (χ3n) is 1.18. The highest BCUT2D eigenvalue weighted by Gasteiger charge is 2.13. The Bertz CT molecular complexity index is 124. The monoisotopic (exact) mass is 163 g/mol. The molecule has 0 atom stereocenters. The summed E-state index contributed by atoms with van der Waals surface area (Å²) in [7, 11) is 0. The molecular weight excluding hydrogens is 154 g/mol. The van der Waals surface area contributed by atoms with Crippen LogP contribution in [-0.4, -0.2) is 40.9 Å². The minimum absolute atomic E-state index is 0.705. The number of carboxylic acid groups (broad SMARTS) is 1. The van der Waals surface area contributed by atoms with Gasteiger partial charge in [-0.15, -0.1) is 5.06 Å². The SMILES string of the molecule is O=C(O)ON1CCSCC1. The predicted molar refractivity (Wildman–Crippen MR) is 38.0 cm³/mol. The van der Waals surface area contributed by atoms with Gasteiger partial charge in [0.15, 0.2) is 0 Å². The lowest BCUT2D eigenvalue weighted by Crippen LogP contribution is -2.34. The molecule has 10 heavy (non-hydrogen) atoms. The predicted octanol–water partition coefficient (Wildman–Crippen LogP) is 0.645. The topological polar surface area (TPSA) is 49.8 Å². The second-order valence-corrected chi connectivity index (χ2v) is 3.12. The highest BCUT2D eigenvalue weighted by atomic mass is 32.2. The van der Waals surface area contributed by atoms with Crippen LogP contribution in [-0.2, 0) is 4.84 Å². The molecular formula is C5H9NO3S. The number of carbonyl (C=O) groups is 1. The van der Waals surface area contributed by atoms with E-state index < -0.39 is 6.16 Å². The van der Waals surface area contributed by atoms with Crippen molar-refractivity contribution in [2.45, 2.75) is 0 Å². The molecule has 0 aromatic rings. The van der Waals surface area contributed by atoms with Crippen LogP contribution in [0.15, 0.2) is 0 Å². The van der Waals surface area contributed by atoms with Gasteiger partial charge in [-0.2, -0.15) is 11.8 Å². The first kappa shape index (κ1) is 7.68. The maximum absolute atomic E-state index is 10.00. The number of hydrogen-bond acceptors (Lipinski definition) is 4. The molecule has 0 saturated carbocycles. The largest absolute Gasteiger partial charge is 0.525 e. The summed E-state index contributed by atoms with van der Waals surface area (Å²) < 4.78 is 0. The van der Waals surface area contributed by atoms with E-state index in [2.05, 4.69) is 4.84 Å². The van der Waals surface area contributed by atoms with E-state index in [0.717, 1.165) is 11.5 Å². The van der Waals surface area contributed by atoms with Crippen molar-refractivity contribution in [3.8, 4) is 0 Å². The van der Waals surface area contributed by atoms with E-state index in [9.17, 15) is 4.79 Å². The van der Waals surface area contributed by atoms with Crippen molar-refractivity contribution >= 4 is 17.9 Å². The molecule has 1 rings (SSSR count). The van der Waals surface area contributed by atoms with E-state index in [-0.39, 0.29) is 0 Å². The van der Waals surface area contributed by atoms with E-state index in [0.29, 0.717) is 13.1 Å². The summed E-state index contributed by atoms with van der Waals surface area (Å²) in [5, 5.41) is 9.67. The molecule has 58 valence electrons. The van der Waals surface area contributed by atoms with Crippen molar-refractivity contribution in [3.63, 3.8) is 0 Å². The van der Waals surface area contributed by atoms with Crippen LogP contribution in [0.2, 0.25) is 0 Å². The molecule has 0 bridgehead atoms. The van der Waals surface area contributed by atoms with Crippen molar-refractivity contribution in [2.24, 2.45) is 0 Å². The molecule has 1 N–H and O–H groups in total. The van der Waals surface area contributed by atoms with Gasteiger partial charge < -0.3 is 9.94 Å². The van der Waals surface area contributed by atoms with Crippen LogP contribution in [0.3, 0.4) is 0 Å². The van der Waals surface area contributed by atoms with E-state index in [1.54, 1.807) is 0 Å². The van der Waals surface area contributed by atoms with Crippen LogP contribution in [0.4, 0.5) is 4.79 Å². The van der Waals surface area contributed by atoms with E-state index in [1.807, 2.05) is 11.8 Å². The molecule has 0 amide bonds. The van der Waals surface area contributed by atoms with Crippen LogP contribution in [0.25, 0.3) is 0 Å².